The number of piperidine rings is 1. The lowest BCUT2D eigenvalue weighted by Gasteiger charge is -2.38. The van der Waals surface area contributed by atoms with Crippen molar-refractivity contribution in [2.45, 2.75) is 32.1 Å². The van der Waals surface area contributed by atoms with Gasteiger partial charge in [-0.15, -0.1) is 0 Å². The van der Waals surface area contributed by atoms with Gasteiger partial charge in [0.25, 0.3) is 5.91 Å². The Hall–Kier alpha value is -2.69. The van der Waals surface area contributed by atoms with Crippen LogP contribution in [0.5, 0.6) is 0 Å². The lowest BCUT2D eigenvalue weighted by atomic mass is 9.77. The quantitative estimate of drug-likeness (QED) is 0.804. The minimum absolute atomic E-state index is 0.0481. The lowest BCUT2D eigenvalue weighted by Crippen LogP contribution is -2.44. The Morgan fingerprint density at radius 2 is 1.86 bits per heavy atom. The van der Waals surface area contributed by atoms with E-state index in [0.717, 1.165) is 51.9 Å². The number of aromatic nitrogens is 1. The smallest absolute Gasteiger partial charge is 0.255 e. The van der Waals surface area contributed by atoms with E-state index < -0.39 is 0 Å². The SMILES string of the molecule is O=C1CC2(CCN(C(=O)c3cccnc3)CC2)CN1CCCc1ccccc1. The summed E-state index contributed by atoms with van der Waals surface area (Å²) >= 11 is 0. The maximum atomic E-state index is 12.6. The van der Waals surface area contributed by atoms with Crippen molar-refractivity contribution < 1.29 is 9.59 Å². The van der Waals surface area contributed by atoms with E-state index in [1.807, 2.05) is 21.9 Å². The summed E-state index contributed by atoms with van der Waals surface area (Å²) in [5.74, 6) is 0.326. The number of benzene rings is 1. The Kier molecular flexibility index (Phi) is 5.42. The lowest BCUT2D eigenvalue weighted by molar-refractivity contribution is -0.127. The number of amides is 2. The number of rotatable bonds is 5. The van der Waals surface area contributed by atoms with Crippen LogP contribution in [0.3, 0.4) is 0 Å². The van der Waals surface area contributed by atoms with E-state index in [1.54, 1.807) is 18.5 Å². The van der Waals surface area contributed by atoms with Gasteiger partial charge in [-0.3, -0.25) is 14.6 Å². The van der Waals surface area contributed by atoms with Crippen molar-refractivity contribution in [3.8, 4) is 0 Å². The highest BCUT2D eigenvalue weighted by Gasteiger charge is 2.45. The van der Waals surface area contributed by atoms with Crippen molar-refractivity contribution in [2.75, 3.05) is 26.2 Å². The van der Waals surface area contributed by atoms with Gasteiger partial charge in [-0.25, -0.2) is 0 Å². The van der Waals surface area contributed by atoms with Gasteiger partial charge in [-0.05, 0) is 43.4 Å². The minimum Gasteiger partial charge on any atom is -0.342 e. The first-order valence-electron chi connectivity index (χ1n) is 10.2. The van der Waals surface area contributed by atoms with Gasteiger partial charge in [0.2, 0.25) is 5.91 Å². The van der Waals surface area contributed by atoms with Crippen LogP contribution in [0, 0.1) is 5.41 Å². The number of aryl methyl sites for hydroxylation is 1. The Balaban J connectivity index is 1.28. The summed E-state index contributed by atoms with van der Waals surface area (Å²) in [6.07, 6.45) is 7.74. The number of pyridine rings is 1. The number of nitrogens with zero attached hydrogens (tertiary/aromatic N) is 3. The highest BCUT2D eigenvalue weighted by Crippen LogP contribution is 2.41. The van der Waals surface area contributed by atoms with Gasteiger partial charge in [0.15, 0.2) is 0 Å². The zero-order chi connectivity index (χ0) is 19.4. The first-order valence-corrected chi connectivity index (χ1v) is 10.2. The normalized spacial score (nSPS) is 18.6. The van der Waals surface area contributed by atoms with Crippen LogP contribution in [0.1, 0.15) is 41.6 Å². The molecule has 3 heterocycles. The molecule has 4 rings (SSSR count). The third-order valence-electron chi connectivity index (χ3n) is 6.16. The van der Waals surface area contributed by atoms with Crippen LogP contribution in [0.15, 0.2) is 54.9 Å². The van der Waals surface area contributed by atoms with E-state index >= 15 is 0 Å². The fourth-order valence-electron chi connectivity index (χ4n) is 4.49. The van der Waals surface area contributed by atoms with E-state index in [9.17, 15) is 9.59 Å². The summed E-state index contributed by atoms with van der Waals surface area (Å²) in [4.78, 5) is 33.2. The standard InChI is InChI=1S/C23H27N3O2/c27-21-16-23(18-26(21)13-5-8-19-6-2-1-3-7-19)10-14-25(15-11-23)22(28)20-9-4-12-24-17-20/h1-4,6-7,9,12,17H,5,8,10-11,13-16,18H2. The summed E-state index contributed by atoms with van der Waals surface area (Å²) < 4.78 is 0. The number of carbonyl (C=O) groups is 2. The molecule has 28 heavy (non-hydrogen) atoms. The van der Waals surface area contributed by atoms with E-state index in [4.69, 9.17) is 0 Å². The predicted molar refractivity (Wildman–Crippen MR) is 108 cm³/mol. The second-order valence-electron chi connectivity index (χ2n) is 8.12. The van der Waals surface area contributed by atoms with Gasteiger partial charge in [0, 0.05) is 50.4 Å². The zero-order valence-corrected chi connectivity index (χ0v) is 16.2. The van der Waals surface area contributed by atoms with Crippen LogP contribution in [-0.2, 0) is 11.2 Å². The molecule has 2 aromatic rings. The summed E-state index contributed by atoms with van der Waals surface area (Å²) in [5.41, 5.74) is 2.02. The van der Waals surface area contributed by atoms with Crippen molar-refractivity contribution in [2.24, 2.45) is 5.41 Å². The summed E-state index contributed by atoms with van der Waals surface area (Å²) in [6, 6.07) is 14.0. The molecular weight excluding hydrogens is 350 g/mol. The number of hydrogen-bond acceptors (Lipinski definition) is 3. The maximum Gasteiger partial charge on any atom is 0.255 e. The molecule has 0 unspecified atom stereocenters. The first-order chi connectivity index (χ1) is 13.7. The topological polar surface area (TPSA) is 53.5 Å². The molecule has 146 valence electrons. The third-order valence-corrected chi connectivity index (χ3v) is 6.16. The molecule has 5 nitrogen and oxygen atoms in total. The third kappa shape index (κ3) is 4.08. The molecule has 0 aliphatic carbocycles. The maximum absolute atomic E-state index is 12.6. The highest BCUT2D eigenvalue weighted by molar-refractivity contribution is 5.94. The highest BCUT2D eigenvalue weighted by atomic mass is 16.2. The van der Waals surface area contributed by atoms with E-state index in [0.29, 0.717) is 12.0 Å². The van der Waals surface area contributed by atoms with Crippen LogP contribution in [0.25, 0.3) is 0 Å². The van der Waals surface area contributed by atoms with Crippen molar-refractivity contribution >= 4 is 11.8 Å². The van der Waals surface area contributed by atoms with Crippen LogP contribution in [0.2, 0.25) is 0 Å². The second-order valence-corrected chi connectivity index (χ2v) is 8.12. The van der Waals surface area contributed by atoms with Gasteiger partial charge in [0.1, 0.15) is 0 Å². The molecule has 2 saturated heterocycles. The minimum atomic E-state index is 0.0481. The van der Waals surface area contributed by atoms with Crippen molar-refractivity contribution in [1.29, 1.82) is 0 Å². The molecule has 1 aromatic carbocycles. The monoisotopic (exact) mass is 377 g/mol. The van der Waals surface area contributed by atoms with Gasteiger partial charge in [-0.2, -0.15) is 0 Å². The van der Waals surface area contributed by atoms with E-state index in [-0.39, 0.29) is 17.2 Å². The average Bonchev–Trinajstić information content (AvgIpc) is 3.04. The van der Waals surface area contributed by atoms with Crippen molar-refractivity contribution in [1.82, 2.24) is 14.8 Å². The molecule has 2 fully saturated rings. The molecule has 5 heteroatoms. The summed E-state index contributed by atoms with van der Waals surface area (Å²) in [5, 5.41) is 0. The van der Waals surface area contributed by atoms with Crippen molar-refractivity contribution in [3.05, 3.63) is 66.0 Å². The molecule has 2 amide bonds. The van der Waals surface area contributed by atoms with Crippen molar-refractivity contribution in [3.63, 3.8) is 0 Å². The molecule has 1 spiro atoms. The molecule has 0 bridgehead atoms. The first kappa shape index (κ1) is 18.7. The zero-order valence-electron chi connectivity index (χ0n) is 16.2. The molecular formula is C23H27N3O2. The number of likely N-dealkylation sites (tertiary alicyclic amines) is 2. The molecule has 2 aliphatic rings. The Bertz CT molecular complexity index is 814. The Morgan fingerprint density at radius 3 is 2.57 bits per heavy atom. The predicted octanol–water partition coefficient (Wildman–Crippen LogP) is 3.17. The molecule has 0 atom stereocenters. The van der Waals surface area contributed by atoms with Gasteiger partial charge >= 0.3 is 0 Å². The van der Waals surface area contributed by atoms with Gasteiger partial charge in [-0.1, -0.05) is 30.3 Å². The van der Waals surface area contributed by atoms with E-state index in [2.05, 4.69) is 29.2 Å². The fraction of sp³-hybridized carbons (Fsp3) is 0.435. The number of hydrogen-bond donors (Lipinski definition) is 0. The Morgan fingerprint density at radius 1 is 1.07 bits per heavy atom. The van der Waals surface area contributed by atoms with Crippen LogP contribution in [0.4, 0.5) is 0 Å². The largest absolute Gasteiger partial charge is 0.342 e. The van der Waals surface area contributed by atoms with Gasteiger partial charge < -0.3 is 9.80 Å². The van der Waals surface area contributed by atoms with Crippen LogP contribution < -0.4 is 0 Å². The summed E-state index contributed by atoms with van der Waals surface area (Å²) in [7, 11) is 0. The van der Waals surface area contributed by atoms with Crippen LogP contribution >= 0.6 is 0 Å². The van der Waals surface area contributed by atoms with E-state index in [1.165, 1.54) is 5.56 Å². The Labute approximate surface area is 166 Å². The summed E-state index contributed by atoms with van der Waals surface area (Å²) in [6.45, 7) is 3.11. The van der Waals surface area contributed by atoms with Gasteiger partial charge in [0.05, 0.1) is 5.56 Å². The molecule has 0 N–H and O–H groups in total. The second kappa shape index (κ2) is 8.13. The van der Waals surface area contributed by atoms with Crippen LogP contribution in [-0.4, -0.2) is 52.8 Å². The molecule has 2 aliphatic heterocycles. The fourth-order valence-corrected chi connectivity index (χ4v) is 4.49. The molecule has 0 saturated carbocycles. The molecule has 0 radical (unpaired) electrons. The number of carbonyl (C=O) groups excluding carboxylic acids is 2. The molecule has 1 aromatic heterocycles. The average molecular weight is 377 g/mol.